The molecule has 0 fully saturated rings. The van der Waals surface area contributed by atoms with Crippen LogP contribution in [0.2, 0.25) is 0 Å². The van der Waals surface area contributed by atoms with E-state index in [4.69, 9.17) is 10.2 Å². The SMILES string of the molecule is O=C(O)CC/C=C/C=C/CCO. The molecule has 0 unspecified atom stereocenters. The molecule has 68 valence electrons. The maximum absolute atomic E-state index is 10.0. The first kappa shape index (κ1) is 10.9. The van der Waals surface area contributed by atoms with Crippen molar-refractivity contribution < 1.29 is 15.0 Å². The van der Waals surface area contributed by atoms with E-state index >= 15 is 0 Å². The lowest BCUT2D eigenvalue weighted by molar-refractivity contribution is -0.136. The molecule has 12 heavy (non-hydrogen) atoms. The fourth-order valence-electron chi connectivity index (χ4n) is 0.631. The van der Waals surface area contributed by atoms with Crippen LogP contribution in [-0.2, 0) is 4.79 Å². The highest BCUT2D eigenvalue weighted by Crippen LogP contribution is 1.91. The number of hydrogen-bond acceptors (Lipinski definition) is 2. The molecule has 0 aliphatic carbocycles. The van der Waals surface area contributed by atoms with Gasteiger partial charge in [-0.25, -0.2) is 0 Å². The number of rotatable bonds is 6. The minimum atomic E-state index is -0.779. The van der Waals surface area contributed by atoms with Crippen LogP contribution in [0, 0.1) is 0 Å². The number of aliphatic carboxylic acids is 1. The molecule has 0 rings (SSSR count). The van der Waals surface area contributed by atoms with Gasteiger partial charge in [-0.1, -0.05) is 24.3 Å². The van der Waals surface area contributed by atoms with Crippen LogP contribution in [-0.4, -0.2) is 22.8 Å². The van der Waals surface area contributed by atoms with E-state index in [2.05, 4.69) is 0 Å². The average molecular weight is 170 g/mol. The Morgan fingerprint density at radius 1 is 1.17 bits per heavy atom. The first-order valence-electron chi connectivity index (χ1n) is 3.91. The predicted octanol–water partition coefficient (Wildman–Crippen LogP) is 1.35. The highest BCUT2D eigenvalue weighted by molar-refractivity contribution is 5.66. The summed E-state index contributed by atoms with van der Waals surface area (Å²) in [5.74, 6) is -0.779. The van der Waals surface area contributed by atoms with Gasteiger partial charge in [0.15, 0.2) is 0 Å². The molecule has 0 heterocycles. The molecule has 0 radical (unpaired) electrons. The molecule has 0 aromatic carbocycles. The highest BCUT2D eigenvalue weighted by atomic mass is 16.4. The van der Waals surface area contributed by atoms with E-state index in [0.717, 1.165) is 0 Å². The van der Waals surface area contributed by atoms with E-state index in [1.807, 2.05) is 6.08 Å². The van der Waals surface area contributed by atoms with Crippen molar-refractivity contribution in [3.8, 4) is 0 Å². The summed E-state index contributed by atoms with van der Waals surface area (Å²) in [4.78, 5) is 10.0. The Labute approximate surface area is 72.0 Å². The zero-order valence-corrected chi connectivity index (χ0v) is 6.94. The van der Waals surface area contributed by atoms with Gasteiger partial charge >= 0.3 is 5.97 Å². The third-order valence-corrected chi connectivity index (χ3v) is 1.20. The van der Waals surface area contributed by atoms with Gasteiger partial charge in [-0.3, -0.25) is 4.79 Å². The van der Waals surface area contributed by atoms with Crippen molar-refractivity contribution in [1.29, 1.82) is 0 Å². The Morgan fingerprint density at radius 2 is 1.75 bits per heavy atom. The van der Waals surface area contributed by atoms with Crippen LogP contribution in [0.5, 0.6) is 0 Å². The Kier molecular flexibility index (Phi) is 7.28. The van der Waals surface area contributed by atoms with Crippen LogP contribution in [0.1, 0.15) is 19.3 Å². The van der Waals surface area contributed by atoms with Crippen LogP contribution in [0.4, 0.5) is 0 Å². The van der Waals surface area contributed by atoms with E-state index in [0.29, 0.717) is 12.8 Å². The quantitative estimate of drug-likeness (QED) is 0.591. The number of carboxylic acid groups (broad SMARTS) is 1. The number of aliphatic hydroxyl groups is 1. The number of carboxylic acids is 1. The zero-order chi connectivity index (χ0) is 9.23. The van der Waals surface area contributed by atoms with Crippen LogP contribution in [0.15, 0.2) is 24.3 Å². The lowest BCUT2D eigenvalue weighted by Gasteiger charge is -1.85. The third-order valence-electron chi connectivity index (χ3n) is 1.20. The van der Waals surface area contributed by atoms with Crippen molar-refractivity contribution >= 4 is 5.97 Å². The largest absolute Gasteiger partial charge is 0.481 e. The van der Waals surface area contributed by atoms with Crippen molar-refractivity contribution in [3.05, 3.63) is 24.3 Å². The molecule has 2 N–H and O–H groups in total. The summed E-state index contributed by atoms with van der Waals surface area (Å²) in [6, 6.07) is 0. The normalized spacial score (nSPS) is 11.4. The Balaban J connectivity index is 3.30. The van der Waals surface area contributed by atoms with Crippen molar-refractivity contribution in [2.75, 3.05) is 6.61 Å². The summed E-state index contributed by atoms with van der Waals surface area (Å²) < 4.78 is 0. The Morgan fingerprint density at radius 3 is 2.25 bits per heavy atom. The van der Waals surface area contributed by atoms with Gasteiger partial charge in [0.2, 0.25) is 0 Å². The Bertz CT molecular complexity index is 171. The fourth-order valence-corrected chi connectivity index (χ4v) is 0.631. The molecule has 0 bridgehead atoms. The lowest BCUT2D eigenvalue weighted by atomic mass is 10.3. The molecule has 0 saturated heterocycles. The molecule has 0 aliphatic rings. The Hall–Kier alpha value is -1.09. The van der Waals surface area contributed by atoms with E-state index < -0.39 is 5.97 Å². The number of allylic oxidation sites excluding steroid dienone is 3. The summed E-state index contributed by atoms with van der Waals surface area (Å²) >= 11 is 0. The minimum Gasteiger partial charge on any atom is -0.481 e. The zero-order valence-electron chi connectivity index (χ0n) is 6.94. The van der Waals surface area contributed by atoms with Gasteiger partial charge in [-0.2, -0.15) is 0 Å². The maximum Gasteiger partial charge on any atom is 0.303 e. The average Bonchev–Trinajstić information content (AvgIpc) is 2.02. The van der Waals surface area contributed by atoms with Crippen molar-refractivity contribution in [2.45, 2.75) is 19.3 Å². The highest BCUT2D eigenvalue weighted by Gasteiger charge is 1.90. The molecule has 0 atom stereocenters. The standard InChI is InChI=1S/C9H14O3/c10-8-6-4-2-1-3-5-7-9(11)12/h1-4,10H,5-8H2,(H,11,12)/b3-1+,4-2+. The van der Waals surface area contributed by atoms with Gasteiger partial charge in [0.05, 0.1) is 0 Å². The molecular weight excluding hydrogens is 156 g/mol. The van der Waals surface area contributed by atoms with Crippen molar-refractivity contribution in [3.63, 3.8) is 0 Å². The molecular formula is C9H14O3. The number of hydrogen-bond donors (Lipinski definition) is 2. The van der Waals surface area contributed by atoms with E-state index in [1.54, 1.807) is 18.2 Å². The number of carbonyl (C=O) groups is 1. The summed E-state index contributed by atoms with van der Waals surface area (Å²) in [7, 11) is 0. The summed E-state index contributed by atoms with van der Waals surface area (Å²) in [5, 5.41) is 16.7. The second-order valence-electron chi connectivity index (χ2n) is 2.30. The minimum absolute atomic E-state index is 0.152. The number of aliphatic hydroxyl groups excluding tert-OH is 1. The third kappa shape index (κ3) is 8.91. The molecule has 0 aliphatic heterocycles. The monoisotopic (exact) mass is 170 g/mol. The van der Waals surface area contributed by atoms with E-state index in [9.17, 15) is 4.79 Å². The van der Waals surface area contributed by atoms with E-state index in [1.165, 1.54) is 0 Å². The van der Waals surface area contributed by atoms with Crippen LogP contribution in [0.25, 0.3) is 0 Å². The van der Waals surface area contributed by atoms with Gasteiger partial charge in [0.1, 0.15) is 0 Å². The van der Waals surface area contributed by atoms with Gasteiger partial charge in [-0.15, -0.1) is 0 Å². The van der Waals surface area contributed by atoms with Gasteiger partial charge in [0.25, 0.3) is 0 Å². The second kappa shape index (κ2) is 8.01. The molecule has 3 heteroatoms. The van der Waals surface area contributed by atoms with Crippen LogP contribution in [0.3, 0.4) is 0 Å². The molecule has 3 nitrogen and oxygen atoms in total. The maximum atomic E-state index is 10.0. The van der Waals surface area contributed by atoms with Crippen LogP contribution < -0.4 is 0 Å². The molecule has 0 aromatic rings. The van der Waals surface area contributed by atoms with Gasteiger partial charge in [0, 0.05) is 13.0 Å². The smallest absolute Gasteiger partial charge is 0.303 e. The van der Waals surface area contributed by atoms with Crippen LogP contribution >= 0.6 is 0 Å². The second-order valence-corrected chi connectivity index (χ2v) is 2.30. The first-order chi connectivity index (χ1) is 5.77. The van der Waals surface area contributed by atoms with Crippen molar-refractivity contribution in [2.24, 2.45) is 0 Å². The van der Waals surface area contributed by atoms with Gasteiger partial charge in [-0.05, 0) is 12.8 Å². The summed E-state index contributed by atoms with van der Waals surface area (Å²) in [5.41, 5.74) is 0. The van der Waals surface area contributed by atoms with Gasteiger partial charge < -0.3 is 10.2 Å². The predicted molar refractivity (Wildman–Crippen MR) is 46.9 cm³/mol. The summed E-state index contributed by atoms with van der Waals surface area (Å²) in [6.07, 6.45) is 8.59. The topological polar surface area (TPSA) is 57.5 Å². The lowest BCUT2D eigenvalue weighted by Crippen LogP contribution is -1.91. The molecule has 0 aromatic heterocycles. The first-order valence-corrected chi connectivity index (χ1v) is 3.91. The summed E-state index contributed by atoms with van der Waals surface area (Å²) in [6.45, 7) is 0.152. The van der Waals surface area contributed by atoms with Crippen molar-refractivity contribution in [1.82, 2.24) is 0 Å². The molecule has 0 amide bonds. The van der Waals surface area contributed by atoms with E-state index in [-0.39, 0.29) is 13.0 Å². The molecule has 0 saturated carbocycles. The molecule has 0 spiro atoms. The fraction of sp³-hybridized carbons (Fsp3) is 0.444.